The number of hydrogen-bond acceptors (Lipinski definition) is 3. The van der Waals surface area contributed by atoms with Gasteiger partial charge in [-0.3, -0.25) is 9.20 Å². The van der Waals surface area contributed by atoms with Gasteiger partial charge in [-0.25, -0.2) is 4.98 Å². The molecule has 1 N–H and O–H groups in total. The highest BCUT2D eigenvalue weighted by molar-refractivity contribution is 5.94. The van der Waals surface area contributed by atoms with Crippen molar-refractivity contribution in [1.29, 1.82) is 0 Å². The topological polar surface area (TPSA) is 55.6 Å². The minimum absolute atomic E-state index is 0.0992. The molecule has 5 nitrogen and oxygen atoms in total. The maximum atomic E-state index is 12.8. The van der Waals surface area contributed by atoms with Crippen molar-refractivity contribution >= 4 is 11.6 Å². The number of carbonyl (C=O) groups is 1. The Morgan fingerprint density at radius 2 is 2.19 bits per heavy atom. The summed E-state index contributed by atoms with van der Waals surface area (Å²) in [5.41, 5.74) is 5.85. The number of benzene rings is 1. The van der Waals surface area contributed by atoms with Crippen molar-refractivity contribution in [3.8, 4) is 5.75 Å². The molecule has 0 unspecified atom stereocenters. The van der Waals surface area contributed by atoms with Crippen molar-refractivity contribution in [2.45, 2.75) is 45.1 Å². The molecule has 3 aromatic rings. The molecule has 0 bridgehead atoms. The lowest BCUT2D eigenvalue weighted by molar-refractivity contribution is 0.0944. The van der Waals surface area contributed by atoms with E-state index in [2.05, 4.69) is 34.6 Å². The summed E-state index contributed by atoms with van der Waals surface area (Å²) in [5.74, 6) is 1.50. The monoisotopic (exact) mass is 361 g/mol. The molecule has 0 spiro atoms. The minimum Gasteiger partial charge on any atom is -0.493 e. The second-order valence-electron chi connectivity index (χ2n) is 7.59. The van der Waals surface area contributed by atoms with Gasteiger partial charge in [0.15, 0.2) is 0 Å². The molecule has 1 aromatic carbocycles. The molecular weight excluding hydrogens is 338 g/mol. The number of amides is 1. The van der Waals surface area contributed by atoms with Crippen molar-refractivity contribution < 1.29 is 9.53 Å². The van der Waals surface area contributed by atoms with Gasteiger partial charge >= 0.3 is 0 Å². The normalized spacial score (nSPS) is 16.0. The van der Waals surface area contributed by atoms with Crippen LogP contribution in [0.2, 0.25) is 0 Å². The van der Waals surface area contributed by atoms with E-state index in [0.717, 1.165) is 35.7 Å². The van der Waals surface area contributed by atoms with Gasteiger partial charge in [0, 0.05) is 19.2 Å². The lowest BCUT2D eigenvalue weighted by Crippen LogP contribution is -2.25. The molecule has 2 aromatic heterocycles. The molecule has 0 atom stereocenters. The number of aromatic nitrogens is 2. The fraction of sp³-hybridized carbons (Fsp3) is 0.364. The van der Waals surface area contributed by atoms with Crippen LogP contribution in [-0.4, -0.2) is 21.9 Å². The minimum atomic E-state index is -0.0992. The van der Waals surface area contributed by atoms with Crippen molar-refractivity contribution in [2.24, 2.45) is 0 Å². The zero-order chi connectivity index (χ0) is 18.4. The van der Waals surface area contributed by atoms with E-state index in [1.54, 1.807) is 0 Å². The van der Waals surface area contributed by atoms with Gasteiger partial charge in [0.05, 0.1) is 12.3 Å². The van der Waals surface area contributed by atoms with Crippen molar-refractivity contribution in [3.63, 3.8) is 0 Å². The summed E-state index contributed by atoms with van der Waals surface area (Å²) in [6, 6.07) is 10.4. The third kappa shape index (κ3) is 2.87. The molecule has 2 aliphatic rings. The third-order valence-electron chi connectivity index (χ3n) is 5.83. The molecule has 1 amide bonds. The van der Waals surface area contributed by atoms with Crippen molar-refractivity contribution in [1.82, 2.24) is 14.7 Å². The van der Waals surface area contributed by atoms with Crippen LogP contribution in [0.25, 0.3) is 5.65 Å². The number of aryl methyl sites for hydroxylation is 1. The van der Waals surface area contributed by atoms with Crippen LogP contribution in [0.15, 0.2) is 36.5 Å². The van der Waals surface area contributed by atoms with Gasteiger partial charge in [0.25, 0.3) is 5.91 Å². The van der Waals surface area contributed by atoms with Crippen LogP contribution in [0.3, 0.4) is 0 Å². The zero-order valence-electron chi connectivity index (χ0n) is 15.5. The van der Waals surface area contributed by atoms with Crippen molar-refractivity contribution in [3.05, 3.63) is 64.6 Å². The first-order valence-corrected chi connectivity index (χ1v) is 9.70. The highest BCUT2D eigenvalue weighted by atomic mass is 16.5. The maximum absolute atomic E-state index is 12.8. The Morgan fingerprint density at radius 1 is 1.30 bits per heavy atom. The third-order valence-corrected chi connectivity index (χ3v) is 5.83. The molecule has 1 saturated carbocycles. The molecular formula is C22H23N3O2. The zero-order valence-corrected chi connectivity index (χ0v) is 15.5. The number of carbonyl (C=O) groups excluding carboxylic acids is 1. The second kappa shape index (κ2) is 6.41. The predicted octanol–water partition coefficient (Wildman–Crippen LogP) is 3.78. The molecule has 0 saturated heterocycles. The van der Waals surface area contributed by atoms with Gasteiger partial charge < -0.3 is 10.1 Å². The number of rotatable bonds is 4. The number of nitrogens with one attached hydrogen (secondary N) is 1. The summed E-state index contributed by atoms with van der Waals surface area (Å²) >= 11 is 0. The van der Waals surface area contributed by atoms with E-state index in [4.69, 9.17) is 4.74 Å². The average Bonchev–Trinajstić information content (AvgIpc) is 3.20. The van der Waals surface area contributed by atoms with E-state index in [0.29, 0.717) is 18.2 Å². The molecule has 5 rings (SSSR count). The van der Waals surface area contributed by atoms with Crippen LogP contribution in [-0.2, 0) is 13.0 Å². The maximum Gasteiger partial charge on any atom is 0.270 e. The number of nitrogens with zero attached hydrogens (tertiary/aromatic N) is 2. The summed E-state index contributed by atoms with van der Waals surface area (Å²) in [7, 11) is 0. The van der Waals surface area contributed by atoms with E-state index in [-0.39, 0.29) is 5.91 Å². The summed E-state index contributed by atoms with van der Waals surface area (Å²) < 4.78 is 7.51. The molecule has 3 heterocycles. The molecule has 138 valence electrons. The van der Waals surface area contributed by atoms with Gasteiger partial charge in [0.2, 0.25) is 0 Å². The quantitative estimate of drug-likeness (QED) is 0.769. The van der Waals surface area contributed by atoms with E-state index in [1.807, 2.05) is 23.6 Å². The van der Waals surface area contributed by atoms with Gasteiger partial charge in [-0.05, 0) is 60.6 Å². The lowest BCUT2D eigenvalue weighted by Gasteiger charge is -2.25. The number of pyridine rings is 1. The smallest absolute Gasteiger partial charge is 0.270 e. The second-order valence-corrected chi connectivity index (χ2v) is 7.59. The summed E-state index contributed by atoms with van der Waals surface area (Å²) in [6.07, 6.45) is 6.78. The lowest BCUT2D eigenvalue weighted by atomic mass is 9.80. The molecule has 1 aliphatic carbocycles. The number of imidazole rings is 1. The molecule has 5 heteroatoms. The standard InChI is InChI=1S/C22H23N3O2/c1-14-21(25-9-7-18(12-20(25)24-14)16-3-2-4-16)22(26)23-13-15-5-6-17-8-10-27-19(17)11-15/h5-7,9,11-12,16H,2-4,8,10,13H2,1H3,(H,23,26). The number of fused-ring (bicyclic) bond motifs is 2. The van der Waals surface area contributed by atoms with E-state index in [1.165, 1.54) is 30.4 Å². The Hall–Kier alpha value is -2.82. The molecule has 27 heavy (non-hydrogen) atoms. The molecule has 0 radical (unpaired) electrons. The Morgan fingerprint density at radius 3 is 3.00 bits per heavy atom. The fourth-order valence-electron chi connectivity index (χ4n) is 4.03. The SMILES string of the molecule is Cc1nc2cc(C3CCC3)ccn2c1C(=O)NCc1ccc2c(c1)OCC2. The van der Waals surface area contributed by atoms with Gasteiger partial charge in [-0.2, -0.15) is 0 Å². The Bertz CT molecular complexity index is 1030. The Balaban J connectivity index is 1.36. The van der Waals surface area contributed by atoms with Crippen LogP contribution in [0.4, 0.5) is 0 Å². The Kier molecular flexibility index (Phi) is 3.88. The Labute approximate surface area is 158 Å². The first-order chi connectivity index (χ1) is 13.2. The van der Waals surface area contributed by atoms with Crippen LogP contribution in [0.5, 0.6) is 5.75 Å². The summed E-state index contributed by atoms with van der Waals surface area (Å²) in [4.78, 5) is 17.5. The van der Waals surface area contributed by atoms with Crippen LogP contribution in [0.1, 0.15) is 58.1 Å². The molecule has 1 fully saturated rings. The highest BCUT2D eigenvalue weighted by Gasteiger charge is 2.22. The van der Waals surface area contributed by atoms with Crippen molar-refractivity contribution in [2.75, 3.05) is 6.61 Å². The summed E-state index contributed by atoms with van der Waals surface area (Å²) in [6.45, 7) is 3.12. The van der Waals surface area contributed by atoms with E-state index < -0.39 is 0 Å². The average molecular weight is 361 g/mol. The fourth-order valence-corrected chi connectivity index (χ4v) is 4.03. The van der Waals surface area contributed by atoms with Gasteiger partial charge in [0.1, 0.15) is 17.1 Å². The molecule has 1 aliphatic heterocycles. The van der Waals surface area contributed by atoms with Gasteiger partial charge in [-0.15, -0.1) is 0 Å². The first-order valence-electron chi connectivity index (χ1n) is 9.70. The largest absolute Gasteiger partial charge is 0.493 e. The number of ether oxygens (including phenoxy) is 1. The predicted molar refractivity (Wildman–Crippen MR) is 103 cm³/mol. The summed E-state index contributed by atoms with van der Waals surface area (Å²) in [5, 5.41) is 3.03. The van der Waals surface area contributed by atoms with Crippen LogP contribution < -0.4 is 10.1 Å². The number of hydrogen-bond donors (Lipinski definition) is 1. The van der Waals surface area contributed by atoms with E-state index in [9.17, 15) is 4.79 Å². The highest BCUT2D eigenvalue weighted by Crippen LogP contribution is 2.36. The van der Waals surface area contributed by atoms with E-state index >= 15 is 0 Å². The van der Waals surface area contributed by atoms with Crippen LogP contribution in [0, 0.1) is 6.92 Å². The van der Waals surface area contributed by atoms with Gasteiger partial charge in [-0.1, -0.05) is 18.6 Å². The van der Waals surface area contributed by atoms with Crippen LogP contribution >= 0.6 is 0 Å². The first kappa shape index (κ1) is 16.4.